The first-order valence-electron chi connectivity index (χ1n) is 6.94. The quantitative estimate of drug-likeness (QED) is 0.486. The van der Waals surface area contributed by atoms with Crippen molar-refractivity contribution in [3.63, 3.8) is 0 Å². The van der Waals surface area contributed by atoms with Gasteiger partial charge in [-0.15, -0.1) is 0 Å². The summed E-state index contributed by atoms with van der Waals surface area (Å²) in [7, 11) is 0. The maximum Gasteiger partial charge on any atom is 0.319 e. The molecule has 7 nitrogen and oxygen atoms in total. The van der Waals surface area contributed by atoms with E-state index >= 15 is 0 Å². The van der Waals surface area contributed by atoms with Crippen LogP contribution >= 0.6 is 0 Å². The molecule has 0 saturated carbocycles. The molecule has 4 amide bonds. The highest BCUT2D eigenvalue weighted by Gasteiger charge is 2.05. The average molecular weight is 293 g/mol. The highest BCUT2D eigenvalue weighted by atomic mass is 16.2. The van der Waals surface area contributed by atoms with Crippen LogP contribution in [-0.4, -0.2) is 31.7 Å². The van der Waals surface area contributed by atoms with Crippen molar-refractivity contribution in [2.75, 3.05) is 25.0 Å². The van der Waals surface area contributed by atoms with Gasteiger partial charge in [-0.1, -0.05) is 19.1 Å². The highest BCUT2D eigenvalue weighted by Crippen LogP contribution is 2.15. The molecule has 1 unspecified atom stereocenters. The van der Waals surface area contributed by atoms with Gasteiger partial charge in [-0.3, -0.25) is 0 Å². The minimum Gasteiger partial charge on any atom is -0.352 e. The van der Waals surface area contributed by atoms with E-state index < -0.39 is 6.03 Å². The van der Waals surface area contributed by atoms with Crippen molar-refractivity contribution >= 4 is 17.7 Å². The van der Waals surface area contributed by atoms with Crippen molar-refractivity contribution in [2.45, 2.75) is 19.9 Å². The van der Waals surface area contributed by atoms with Gasteiger partial charge < -0.3 is 27.0 Å². The van der Waals surface area contributed by atoms with Crippen molar-refractivity contribution in [1.82, 2.24) is 16.0 Å². The first-order valence-corrected chi connectivity index (χ1v) is 6.94. The molecule has 0 aromatic heterocycles. The molecule has 0 heterocycles. The van der Waals surface area contributed by atoms with E-state index in [2.05, 4.69) is 35.1 Å². The molecule has 0 fully saturated rings. The Bertz CT molecular complexity index is 461. The van der Waals surface area contributed by atoms with E-state index in [1.807, 2.05) is 24.3 Å². The van der Waals surface area contributed by atoms with Crippen LogP contribution in [0.15, 0.2) is 24.3 Å². The van der Waals surface area contributed by atoms with E-state index in [-0.39, 0.29) is 12.1 Å². The standard InChI is InChI=1S/C14H23N5O2/c1-3-16-10(2)11-4-6-12(7-5-11)19-14(21)18-9-8-17-13(15)20/h4-7,10,16H,3,8-9H2,1-2H3,(H3,15,17,20)(H2,18,19,21). The third-order valence-electron chi connectivity index (χ3n) is 2.89. The second kappa shape index (κ2) is 8.80. The lowest BCUT2D eigenvalue weighted by Gasteiger charge is -2.13. The fraction of sp³-hybridized carbons (Fsp3) is 0.429. The first kappa shape index (κ1) is 16.8. The number of amides is 4. The summed E-state index contributed by atoms with van der Waals surface area (Å²) in [5.41, 5.74) is 6.78. The van der Waals surface area contributed by atoms with Crippen LogP contribution in [0, 0.1) is 0 Å². The van der Waals surface area contributed by atoms with Gasteiger partial charge in [0.15, 0.2) is 0 Å². The number of primary amides is 1. The Hall–Kier alpha value is -2.28. The van der Waals surface area contributed by atoms with Crippen molar-refractivity contribution in [3.8, 4) is 0 Å². The van der Waals surface area contributed by atoms with E-state index in [1.165, 1.54) is 0 Å². The number of nitrogens with two attached hydrogens (primary N) is 1. The molecule has 0 aliphatic rings. The highest BCUT2D eigenvalue weighted by molar-refractivity contribution is 5.89. The molecule has 0 aliphatic carbocycles. The Morgan fingerprint density at radius 2 is 1.76 bits per heavy atom. The van der Waals surface area contributed by atoms with Gasteiger partial charge in [0.25, 0.3) is 0 Å². The second-order valence-electron chi connectivity index (χ2n) is 4.57. The second-order valence-corrected chi connectivity index (χ2v) is 4.57. The lowest BCUT2D eigenvalue weighted by Crippen LogP contribution is -2.38. The Kier molecular flexibility index (Phi) is 7.03. The molecule has 1 aromatic rings. The van der Waals surface area contributed by atoms with Crippen molar-refractivity contribution in [2.24, 2.45) is 5.73 Å². The lowest BCUT2D eigenvalue weighted by molar-refractivity contribution is 0.246. The van der Waals surface area contributed by atoms with Gasteiger partial charge >= 0.3 is 12.1 Å². The van der Waals surface area contributed by atoms with E-state index in [0.717, 1.165) is 12.1 Å². The van der Waals surface area contributed by atoms with E-state index in [4.69, 9.17) is 5.73 Å². The number of nitrogens with one attached hydrogen (secondary N) is 4. The smallest absolute Gasteiger partial charge is 0.319 e. The van der Waals surface area contributed by atoms with Crippen LogP contribution in [0.25, 0.3) is 0 Å². The fourth-order valence-electron chi connectivity index (χ4n) is 1.82. The summed E-state index contributed by atoms with van der Waals surface area (Å²) in [4.78, 5) is 22.0. The molecule has 0 bridgehead atoms. The number of hydrogen-bond acceptors (Lipinski definition) is 3. The number of urea groups is 2. The summed E-state index contributed by atoms with van der Waals surface area (Å²) in [5, 5.41) is 11.0. The van der Waals surface area contributed by atoms with Gasteiger partial charge in [-0.25, -0.2) is 9.59 Å². The van der Waals surface area contributed by atoms with Crippen LogP contribution in [0.1, 0.15) is 25.5 Å². The summed E-state index contributed by atoms with van der Waals surface area (Å²) in [5.74, 6) is 0. The predicted octanol–water partition coefficient (Wildman–Crippen LogP) is 1.15. The Morgan fingerprint density at radius 1 is 1.14 bits per heavy atom. The van der Waals surface area contributed by atoms with Crippen LogP contribution in [0.4, 0.5) is 15.3 Å². The number of carbonyl (C=O) groups is 2. The van der Waals surface area contributed by atoms with E-state index in [1.54, 1.807) is 0 Å². The monoisotopic (exact) mass is 293 g/mol. The Morgan fingerprint density at radius 3 is 2.33 bits per heavy atom. The summed E-state index contributed by atoms with van der Waals surface area (Å²) < 4.78 is 0. The Balaban J connectivity index is 2.37. The molecule has 0 saturated heterocycles. The molecule has 6 N–H and O–H groups in total. The van der Waals surface area contributed by atoms with Crippen LogP contribution in [0.2, 0.25) is 0 Å². The molecular weight excluding hydrogens is 270 g/mol. The van der Waals surface area contributed by atoms with Gasteiger partial charge in [0.05, 0.1) is 0 Å². The van der Waals surface area contributed by atoms with Gasteiger partial charge in [-0.05, 0) is 31.2 Å². The molecule has 21 heavy (non-hydrogen) atoms. The molecular formula is C14H23N5O2. The molecule has 0 radical (unpaired) electrons. The molecule has 1 aromatic carbocycles. The van der Waals surface area contributed by atoms with Gasteiger partial charge in [0, 0.05) is 24.8 Å². The van der Waals surface area contributed by atoms with Crippen molar-refractivity contribution in [1.29, 1.82) is 0 Å². The average Bonchev–Trinajstić information content (AvgIpc) is 2.44. The van der Waals surface area contributed by atoms with Crippen LogP contribution in [0.5, 0.6) is 0 Å². The van der Waals surface area contributed by atoms with Gasteiger partial charge in [0.2, 0.25) is 0 Å². The Labute approximate surface area is 124 Å². The van der Waals surface area contributed by atoms with Crippen molar-refractivity contribution < 1.29 is 9.59 Å². The number of anilines is 1. The minimum absolute atomic E-state index is 0.276. The first-order chi connectivity index (χ1) is 10.0. The summed E-state index contributed by atoms with van der Waals surface area (Å²) >= 11 is 0. The van der Waals surface area contributed by atoms with E-state index in [0.29, 0.717) is 18.8 Å². The fourth-order valence-corrected chi connectivity index (χ4v) is 1.82. The normalized spacial score (nSPS) is 11.5. The zero-order chi connectivity index (χ0) is 15.7. The minimum atomic E-state index is -0.609. The number of benzene rings is 1. The van der Waals surface area contributed by atoms with Crippen LogP contribution in [0.3, 0.4) is 0 Å². The molecule has 0 spiro atoms. The maximum atomic E-state index is 11.6. The zero-order valence-electron chi connectivity index (χ0n) is 12.4. The largest absolute Gasteiger partial charge is 0.352 e. The summed E-state index contributed by atoms with van der Waals surface area (Å²) in [6.07, 6.45) is 0. The van der Waals surface area contributed by atoms with Gasteiger partial charge in [-0.2, -0.15) is 0 Å². The van der Waals surface area contributed by atoms with Crippen LogP contribution < -0.4 is 27.0 Å². The van der Waals surface area contributed by atoms with Gasteiger partial charge in [0.1, 0.15) is 0 Å². The maximum absolute atomic E-state index is 11.6. The predicted molar refractivity (Wildman–Crippen MR) is 83.1 cm³/mol. The topological polar surface area (TPSA) is 108 Å². The van der Waals surface area contributed by atoms with Crippen LogP contribution in [-0.2, 0) is 0 Å². The number of rotatable bonds is 7. The number of carbonyl (C=O) groups excluding carboxylic acids is 2. The summed E-state index contributed by atoms with van der Waals surface area (Å²) in [6, 6.07) is 6.98. The molecule has 1 atom stereocenters. The third-order valence-corrected chi connectivity index (χ3v) is 2.89. The SMILES string of the molecule is CCNC(C)c1ccc(NC(=O)NCCNC(N)=O)cc1. The third kappa shape index (κ3) is 6.62. The molecule has 7 heteroatoms. The summed E-state index contributed by atoms with van der Waals surface area (Å²) in [6.45, 7) is 5.66. The molecule has 116 valence electrons. The van der Waals surface area contributed by atoms with Crippen molar-refractivity contribution in [3.05, 3.63) is 29.8 Å². The number of hydrogen-bond donors (Lipinski definition) is 5. The zero-order valence-corrected chi connectivity index (χ0v) is 12.4. The lowest BCUT2D eigenvalue weighted by atomic mass is 10.1. The molecule has 0 aliphatic heterocycles. The van der Waals surface area contributed by atoms with E-state index in [9.17, 15) is 9.59 Å². The molecule has 1 rings (SSSR count).